The molecule has 0 aliphatic rings. The van der Waals surface area contributed by atoms with Crippen LogP contribution < -0.4 is 10.6 Å². The predicted octanol–water partition coefficient (Wildman–Crippen LogP) is 2.26. The third kappa shape index (κ3) is 6.23. The van der Waals surface area contributed by atoms with E-state index in [-0.39, 0.29) is 18.6 Å². The van der Waals surface area contributed by atoms with Gasteiger partial charge in [0.05, 0.1) is 4.34 Å². The van der Waals surface area contributed by atoms with Gasteiger partial charge in [-0.25, -0.2) is 4.79 Å². The van der Waals surface area contributed by atoms with Gasteiger partial charge in [-0.15, -0.1) is 11.3 Å². The highest BCUT2D eigenvalue weighted by Crippen LogP contribution is 2.21. The van der Waals surface area contributed by atoms with Crippen molar-refractivity contribution in [3.05, 3.63) is 21.3 Å². The van der Waals surface area contributed by atoms with Crippen molar-refractivity contribution >= 4 is 29.0 Å². The Balaban J connectivity index is 2.10. The maximum absolute atomic E-state index is 11.4. The molecule has 6 heteroatoms. The fourth-order valence-corrected chi connectivity index (χ4v) is 2.52. The van der Waals surface area contributed by atoms with Crippen molar-refractivity contribution in [3.8, 4) is 0 Å². The molecule has 0 fully saturated rings. The van der Waals surface area contributed by atoms with Gasteiger partial charge in [-0.3, -0.25) is 0 Å². The average molecular weight is 291 g/mol. The van der Waals surface area contributed by atoms with Crippen LogP contribution in [0.4, 0.5) is 4.79 Å². The van der Waals surface area contributed by atoms with E-state index in [0.29, 0.717) is 19.5 Å². The first kappa shape index (κ1) is 15.3. The normalized spacial score (nSPS) is 12.2. The Hall–Kier alpha value is -0.780. The molecule has 1 aromatic heterocycles. The number of amides is 2. The number of nitrogens with one attached hydrogen (secondary N) is 2. The summed E-state index contributed by atoms with van der Waals surface area (Å²) in [5, 5.41) is 14.3. The summed E-state index contributed by atoms with van der Waals surface area (Å²) in [7, 11) is 0. The molecule has 1 atom stereocenters. The van der Waals surface area contributed by atoms with Gasteiger partial charge >= 0.3 is 6.03 Å². The number of aliphatic hydroxyl groups excluding tert-OH is 1. The second kappa shape index (κ2) is 8.34. The Labute approximate surface area is 116 Å². The van der Waals surface area contributed by atoms with E-state index in [1.165, 1.54) is 11.3 Å². The molecule has 0 bridgehead atoms. The van der Waals surface area contributed by atoms with Crippen molar-refractivity contribution in [3.63, 3.8) is 0 Å². The first-order chi connectivity index (χ1) is 8.61. The van der Waals surface area contributed by atoms with Gasteiger partial charge < -0.3 is 15.7 Å². The molecule has 0 spiro atoms. The first-order valence-electron chi connectivity index (χ1n) is 5.98. The van der Waals surface area contributed by atoms with Crippen molar-refractivity contribution in [2.75, 3.05) is 19.7 Å². The van der Waals surface area contributed by atoms with Crippen LogP contribution in [-0.2, 0) is 6.42 Å². The third-order valence-electron chi connectivity index (χ3n) is 2.52. The fraction of sp³-hybridized carbons (Fsp3) is 0.583. The second-order valence-corrected chi connectivity index (χ2v) is 6.01. The molecule has 1 rings (SSSR count). The first-order valence-corrected chi connectivity index (χ1v) is 7.18. The minimum Gasteiger partial charge on any atom is -0.396 e. The summed E-state index contributed by atoms with van der Waals surface area (Å²) in [5.74, 6) is 0.289. The number of hydrogen-bond acceptors (Lipinski definition) is 3. The molecular weight excluding hydrogens is 272 g/mol. The van der Waals surface area contributed by atoms with Crippen molar-refractivity contribution < 1.29 is 9.90 Å². The molecular formula is C12H19ClN2O2S. The highest BCUT2D eigenvalue weighted by molar-refractivity contribution is 7.16. The van der Waals surface area contributed by atoms with Crippen LogP contribution in [0.15, 0.2) is 12.1 Å². The van der Waals surface area contributed by atoms with Crippen LogP contribution in [0.5, 0.6) is 0 Å². The van der Waals surface area contributed by atoms with Gasteiger partial charge in [-0.1, -0.05) is 18.5 Å². The predicted molar refractivity (Wildman–Crippen MR) is 75.3 cm³/mol. The summed E-state index contributed by atoms with van der Waals surface area (Å²) in [6.07, 6.45) is 1.49. The van der Waals surface area contributed by atoms with E-state index in [0.717, 1.165) is 15.6 Å². The van der Waals surface area contributed by atoms with Gasteiger partial charge in [0.1, 0.15) is 0 Å². The van der Waals surface area contributed by atoms with Crippen LogP contribution in [0.3, 0.4) is 0 Å². The van der Waals surface area contributed by atoms with E-state index in [1.807, 2.05) is 19.1 Å². The van der Waals surface area contributed by atoms with Gasteiger partial charge in [-0.05, 0) is 30.9 Å². The highest BCUT2D eigenvalue weighted by Gasteiger charge is 2.04. The van der Waals surface area contributed by atoms with Crippen LogP contribution in [0.2, 0.25) is 4.34 Å². The lowest BCUT2D eigenvalue weighted by molar-refractivity contribution is 0.234. The van der Waals surface area contributed by atoms with Crippen molar-refractivity contribution in [1.82, 2.24) is 10.6 Å². The number of aliphatic hydroxyl groups is 1. The van der Waals surface area contributed by atoms with Gasteiger partial charge in [0.25, 0.3) is 0 Å². The minimum absolute atomic E-state index is 0.156. The highest BCUT2D eigenvalue weighted by atomic mass is 35.5. The van der Waals surface area contributed by atoms with Crippen LogP contribution in [0.1, 0.15) is 18.2 Å². The number of halogens is 1. The summed E-state index contributed by atoms with van der Waals surface area (Å²) < 4.78 is 0.771. The van der Waals surface area contributed by atoms with Crippen molar-refractivity contribution in [2.45, 2.75) is 19.8 Å². The molecule has 18 heavy (non-hydrogen) atoms. The Morgan fingerprint density at radius 1 is 1.50 bits per heavy atom. The van der Waals surface area contributed by atoms with E-state index in [9.17, 15) is 4.79 Å². The number of carbonyl (C=O) groups is 1. The molecule has 0 saturated heterocycles. The van der Waals surface area contributed by atoms with Gasteiger partial charge in [0.15, 0.2) is 0 Å². The summed E-state index contributed by atoms with van der Waals surface area (Å²) in [6, 6.07) is 3.66. The van der Waals surface area contributed by atoms with E-state index < -0.39 is 0 Å². The monoisotopic (exact) mass is 290 g/mol. The standard InChI is InChI=1S/C12H19ClN2O2S/c1-9(5-7-16)8-15-12(17)14-6-4-10-2-3-11(13)18-10/h2-3,9,16H,4-8H2,1H3,(H2,14,15,17). The summed E-state index contributed by atoms with van der Waals surface area (Å²) in [5.41, 5.74) is 0. The largest absolute Gasteiger partial charge is 0.396 e. The molecule has 3 N–H and O–H groups in total. The molecule has 0 saturated carbocycles. The average Bonchev–Trinajstić information content (AvgIpc) is 2.73. The van der Waals surface area contributed by atoms with E-state index in [2.05, 4.69) is 10.6 Å². The van der Waals surface area contributed by atoms with Gasteiger partial charge in [0, 0.05) is 24.6 Å². The van der Waals surface area contributed by atoms with Gasteiger partial charge in [0.2, 0.25) is 0 Å². The maximum atomic E-state index is 11.4. The van der Waals surface area contributed by atoms with E-state index in [4.69, 9.17) is 16.7 Å². The molecule has 2 amide bonds. The molecule has 0 aliphatic carbocycles. The lowest BCUT2D eigenvalue weighted by atomic mass is 10.1. The Bertz CT molecular complexity index is 371. The molecule has 4 nitrogen and oxygen atoms in total. The lowest BCUT2D eigenvalue weighted by Gasteiger charge is -2.11. The smallest absolute Gasteiger partial charge is 0.314 e. The number of thiophene rings is 1. The van der Waals surface area contributed by atoms with Crippen molar-refractivity contribution in [1.29, 1.82) is 0 Å². The molecule has 1 aromatic rings. The zero-order chi connectivity index (χ0) is 13.4. The summed E-state index contributed by atoms with van der Waals surface area (Å²) >= 11 is 7.34. The molecule has 0 aromatic carbocycles. The van der Waals surface area contributed by atoms with Crippen molar-refractivity contribution in [2.24, 2.45) is 5.92 Å². The topological polar surface area (TPSA) is 61.4 Å². The Kier molecular flexibility index (Phi) is 7.08. The lowest BCUT2D eigenvalue weighted by Crippen LogP contribution is -2.38. The Morgan fingerprint density at radius 2 is 2.28 bits per heavy atom. The number of rotatable bonds is 7. The zero-order valence-electron chi connectivity index (χ0n) is 10.4. The van der Waals surface area contributed by atoms with Crippen LogP contribution in [0, 0.1) is 5.92 Å². The molecule has 1 unspecified atom stereocenters. The second-order valence-electron chi connectivity index (χ2n) is 4.21. The minimum atomic E-state index is -0.164. The van der Waals surface area contributed by atoms with Crippen LogP contribution in [0.25, 0.3) is 0 Å². The van der Waals surface area contributed by atoms with Crippen LogP contribution in [-0.4, -0.2) is 30.8 Å². The fourth-order valence-electron chi connectivity index (χ4n) is 1.44. The molecule has 1 heterocycles. The summed E-state index contributed by atoms with van der Waals surface area (Å²) in [4.78, 5) is 12.6. The quantitative estimate of drug-likeness (QED) is 0.721. The number of hydrogen-bond donors (Lipinski definition) is 3. The summed E-state index contributed by atoms with van der Waals surface area (Å²) in [6.45, 7) is 3.32. The van der Waals surface area contributed by atoms with Gasteiger partial charge in [-0.2, -0.15) is 0 Å². The number of carbonyl (C=O) groups excluding carboxylic acids is 1. The van der Waals surface area contributed by atoms with E-state index >= 15 is 0 Å². The van der Waals surface area contributed by atoms with Crippen LogP contribution >= 0.6 is 22.9 Å². The molecule has 102 valence electrons. The zero-order valence-corrected chi connectivity index (χ0v) is 12.0. The maximum Gasteiger partial charge on any atom is 0.314 e. The van der Waals surface area contributed by atoms with E-state index in [1.54, 1.807) is 0 Å². The Morgan fingerprint density at radius 3 is 2.89 bits per heavy atom. The molecule has 0 radical (unpaired) electrons. The SMILES string of the molecule is CC(CCO)CNC(=O)NCCc1ccc(Cl)s1. The molecule has 0 aliphatic heterocycles. The number of urea groups is 1. The third-order valence-corrected chi connectivity index (χ3v) is 3.81.